The second-order valence-electron chi connectivity index (χ2n) is 8.17. The molecule has 0 saturated carbocycles. The minimum absolute atomic E-state index is 0.00530. The lowest BCUT2D eigenvalue weighted by Gasteiger charge is -2.24. The Morgan fingerprint density at radius 1 is 1.21 bits per heavy atom. The molecule has 1 aromatic carbocycles. The highest BCUT2D eigenvalue weighted by Gasteiger charge is 2.49. The molecule has 0 aromatic heterocycles. The summed E-state index contributed by atoms with van der Waals surface area (Å²) in [6.07, 6.45) is 0.678. The molecule has 1 aromatic rings. The van der Waals surface area contributed by atoms with Crippen LogP contribution in [0.4, 0.5) is 4.79 Å². The van der Waals surface area contributed by atoms with Crippen LogP contribution in [-0.2, 0) is 25.3 Å². The maximum absolute atomic E-state index is 12.9. The lowest BCUT2D eigenvalue weighted by Crippen LogP contribution is -2.43. The summed E-state index contributed by atoms with van der Waals surface area (Å²) in [5.41, 5.74) is 0.649. The zero-order valence-electron chi connectivity index (χ0n) is 17.4. The second-order valence-corrected chi connectivity index (χ2v) is 8.17. The van der Waals surface area contributed by atoms with E-state index >= 15 is 0 Å². The molecular weight excluding hydrogens is 358 g/mol. The molecule has 1 unspecified atom stereocenters. The molecule has 28 heavy (non-hydrogen) atoms. The van der Waals surface area contributed by atoms with Gasteiger partial charge >= 0.3 is 6.03 Å². The Morgan fingerprint density at radius 2 is 1.86 bits per heavy atom. The second kappa shape index (κ2) is 8.73. The van der Waals surface area contributed by atoms with E-state index in [1.807, 2.05) is 31.2 Å². The van der Waals surface area contributed by atoms with Gasteiger partial charge < -0.3 is 15.4 Å². The smallest absolute Gasteiger partial charge is 0.325 e. The number of carbonyl (C=O) groups excluding carboxylic acids is 3. The quantitative estimate of drug-likeness (QED) is 0.527. The molecule has 7 nitrogen and oxygen atoms in total. The summed E-state index contributed by atoms with van der Waals surface area (Å²) in [6, 6.07) is 7.09. The summed E-state index contributed by atoms with van der Waals surface area (Å²) in [5.74, 6) is -0.794. The van der Waals surface area contributed by atoms with Crippen LogP contribution in [0.5, 0.6) is 0 Å². The van der Waals surface area contributed by atoms with Crippen molar-refractivity contribution in [1.29, 1.82) is 0 Å². The molecule has 1 aliphatic rings. The molecule has 2 N–H and O–H groups in total. The first kappa shape index (κ1) is 21.9. The van der Waals surface area contributed by atoms with E-state index in [0.717, 1.165) is 10.5 Å². The molecule has 1 saturated heterocycles. The molecule has 2 rings (SSSR count). The van der Waals surface area contributed by atoms with Gasteiger partial charge in [-0.25, -0.2) is 4.79 Å². The van der Waals surface area contributed by atoms with Crippen LogP contribution in [0, 0.1) is 0 Å². The largest absolute Gasteiger partial charge is 0.382 e. The van der Waals surface area contributed by atoms with Gasteiger partial charge in [0.2, 0.25) is 5.91 Å². The van der Waals surface area contributed by atoms with E-state index in [-0.39, 0.29) is 17.9 Å². The average Bonchev–Trinajstić information content (AvgIpc) is 2.85. The number of hydrogen-bond donors (Lipinski definition) is 2. The number of benzene rings is 1. The van der Waals surface area contributed by atoms with Crippen LogP contribution in [-0.4, -0.2) is 49.0 Å². The van der Waals surface area contributed by atoms with Gasteiger partial charge in [-0.3, -0.25) is 14.5 Å². The van der Waals surface area contributed by atoms with E-state index in [0.29, 0.717) is 31.7 Å². The van der Waals surface area contributed by atoms with Crippen LogP contribution in [0.3, 0.4) is 0 Å². The summed E-state index contributed by atoms with van der Waals surface area (Å²) in [5, 5.41) is 5.44. The predicted octanol–water partition coefficient (Wildman–Crippen LogP) is 2.29. The van der Waals surface area contributed by atoms with Gasteiger partial charge in [-0.05, 0) is 36.8 Å². The zero-order valence-corrected chi connectivity index (χ0v) is 17.4. The fourth-order valence-corrected chi connectivity index (χ4v) is 3.09. The number of amides is 4. The summed E-state index contributed by atoms with van der Waals surface area (Å²) in [7, 11) is 0. The van der Waals surface area contributed by atoms with Gasteiger partial charge in [0.1, 0.15) is 12.1 Å². The number of ether oxygens (including phenoxy) is 1. The standard InChI is InChI=1S/C21H31N3O4/c1-6-28-13-7-12-22-17(25)14-24-18(26)21(5,23-19(24)27)16-10-8-15(9-11-16)20(2,3)4/h8-11H,6-7,12-14H2,1-5H3,(H,22,25)(H,23,27). The van der Waals surface area contributed by atoms with Crippen molar-refractivity contribution in [3.8, 4) is 0 Å². The number of nitrogens with zero attached hydrogens (tertiary/aromatic N) is 1. The molecule has 1 aliphatic heterocycles. The molecule has 1 atom stereocenters. The number of urea groups is 1. The number of hydrogen-bond acceptors (Lipinski definition) is 4. The Kier molecular flexibility index (Phi) is 6.82. The van der Waals surface area contributed by atoms with Crippen molar-refractivity contribution < 1.29 is 19.1 Å². The highest BCUT2D eigenvalue weighted by molar-refractivity contribution is 6.09. The molecule has 1 heterocycles. The van der Waals surface area contributed by atoms with Gasteiger partial charge in [-0.1, -0.05) is 45.0 Å². The number of carbonyl (C=O) groups is 3. The molecule has 0 aliphatic carbocycles. The molecule has 0 spiro atoms. The normalized spacial score (nSPS) is 19.7. The van der Waals surface area contributed by atoms with E-state index < -0.39 is 17.5 Å². The van der Waals surface area contributed by atoms with E-state index in [4.69, 9.17) is 4.74 Å². The Morgan fingerprint density at radius 3 is 2.43 bits per heavy atom. The van der Waals surface area contributed by atoms with E-state index in [2.05, 4.69) is 31.4 Å². The van der Waals surface area contributed by atoms with Crippen molar-refractivity contribution in [2.45, 2.75) is 52.0 Å². The first-order chi connectivity index (χ1) is 13.1. The lowest BCUT2D eigenvalue weighted by atomic mass is 9.84. The maximum atomic E-state index is 12.9. The van der Waals surface area contributed by atoms with Crippen LogP contribution in [0.15, 0.2) is 24.3 Å². The van der Waals surface area contributed by atoms with Gasteiger partial charge in [0.25, 0.3) is 5.91 Å². The van der Waals surface area contributed by atoms with Crippen LogP contribution < -0.4 is 10.6 Å². The number of imide groups is 1. The summed E-state index contributed by atoms with van der Waals surface area (Å²) >= 11 is 0. The first-order valence-corrected chi connectivity index (χ1v) is 9.69. The van der Waals surface area contributed by atoms with Crippen molar-refractivity contribution in [2.75, 3.05) is 26.3 Å². The van der Waals surface area contributed by atoms with Gasteiger partial charge in [-0.2, -0.15) is 0 Å². The van der Waals surface area contributed by atoms with Crippen molar-refractivity contribution in [3.63, 3.8) is 0 Å². The van der Waals surface area contributed by atoms with Crippen molar-refractivity contribution >= 4 is 17.8 Å². The highest BCUT2D eigenvalue weighted by atomic mass is 16.5. The third-order valence-electron chi connectivity index (χ3n) is 4.90. The van der Waals surface area contributed by atoms with Crippen molar-refractivity contribution in [1.82, 2.24) is 15.5 Å². The minimum Gasteiger partial charge on any atom is -0.382 e. The fraction of sp³-hybridized carbons (Fsp3) is 0.571. The fourth-order valence-electron chi connectivity index (χ4n) is 3.09. The molecular formula is C21H31N3O4. The number of rotatable bonds is 8. The molecule has 0 bridgehead atoms. The Bertz CT molecular complexity index is 724. The Hall–Kier alpha value is -2.41. The average molecular weight is 389 g/mol. The first-order valence-electron chi connectivity index (χ1n) is 9.69. The predicted molar refractivity (Wildman–Crippen MR) is 107 cm³/mol. The molecule has 4 amide bonds. The molecule has 154 valence electrons. The highest BCUT2D eigenvalue weighted by Crippen LogP contribution is 2.31. The Labute approximate surface area is 166 Å². The van der Waals surface area contributed by atoms with Gasteiger partial charge in [0, 0.05) is 19.8 Å². The molecule has 0 radical (unpaired) electrons. The summed E-state index contributed by atoms with van der Waals surface area (Å²) < 4.78 is 5.21. The van der Waals surface area contributed by atoms with Crippen LogP contribution >= 0.6 is 0 Å². The third kappa shape index (κ3) is 4.90. The van der Waals surface area contributed by atoms with E-state index in [9.17, 15) is 14.4 Å². The molecule has 1 fully saturated rings. The zero-order chi connectivity index (χ0) is 20.9. The SMILES string of the molecule is CCOCCCNC(=O)CN1C(=O)NC(C)(c2ccc(C(C)(C)C)cc2)C1=O. The Balaban J connectivity index is 2.02. The minimum atomic E-state index is -1.18. The lowest BCUT2D eigenvalue weighted by molar-refractivity contribution is -0.134. The summed E-state index contributed by atoms with van der Waals surface area (Å²) in [4.78, 5) is 38.3. The molecule has 7 heteroatoms. The van der Waals surface area contributed by atoms with Crippen molar-refractivity contribution in [3.05, 3.63) is 35.4 Å². The van der Waals surface area contributed by atoms with E-state index in [1.54, 1.807) is 6.92 Å². The summed E-state index contributed by atoms with van der Waals surface area (Å²) in [6.45, 7) is 11.2. The van der Waals surface area contributed by atoms with Crippen LogP contribution in [0.2, 0.25) is 0 Å². The van der Waals surface area contributed by atoms with Crippen LogP contribution in [0.1, 0.15) is 52.2 Å². The van der Waals surface area contributed by atoms with Crippen molar-refractivity contribution in [2.24, 2.45) is 0 Å². The topological polar surface area (TPSA) is 87.7 Å². The number of nitrogens with one attached hydrogen (secondary N) is 2. The van der Waals surface area contributed by atoms with Gasteiger partial charge in [0.05, 0.1) is 0 Å². The van der Waals surface area contributed by atoms with E-state index in [1.165, 1.54) is 0 Å². The monoisotopic (exact) mass is 389 g/mol. The van der Waals surface area contributed by atoms with Crippen LogP contribution in [0.25, 0.3) is 0 Å². The third-order valence-corrected chi connectivity index (χ3v) is 4.90. The van der Waals surface area contributed by atoms with Gasteiger partial charge in [0.15, 0.2) is 0 Å². The maximum Gasteiger partial charge on any atom is 0.325 e. The van der Waals surface area contributed by atoms with Gasteiger partial charge in [-0.15, -0.1) is 0 Å².